The zero-order chi connectivity index (χ0) is 13.9. The lowest BCUT2D eigenvalue weighted by Crippen LogP contribution is -2.20. The third-order valence-corrected chi connectivity index (χ3v) is 3.68. The van der Waals surface area contributed by atoms with Gasteiger partial charge in [-0.15, -0.1) is 0 Å². The van der Waals surface area contributed by atoms with E-state index < -0.39 is 27.3 Å². The average Bonchev–Trinajstić information content (AvgIpc) is 2.21. The molecule has 7 heteroatoms. The highest BCUT2D eigenvalue weighted by atomic mass is 35.5. The molecule has 1 unspecified atom stereocenters. The van der Waals surface area contributed by atoms with Crippen LogP contribution >= 0.6 is 23.2 Å². The van der Waals surface area contributed by atoms with Crippen LogP contribution < -0.4 is 0 Å². The van der Waals surface area contributed by atoms with Gasteiger partial charge in [0.2, 0.25) is 0 Å². The summed E-state index contributed by atoms with van der Waals surface area (Å²) >= 11 is 11.5. The molecular formula is C11H9Cl2NO3S. The first-order chi connectivity index (χ1) is 8.24. The Morgan fingerprint density at radius 1 is 1.39 bits per heavy atom. The molecule has 0 aliphatic heterocycles. The SMILES string of the molecule is CS(=O)(=O)CC(=O)C(C#N)c1ccc(Cl)c(Cl)c1. The Bertz CT molecular complexity index is 620. The minimum atomic E-state index is -3.46. The van der Waals surface area contributed by atoms with Gasteiger partial charge < -0.3 is 0 Å². The van der Waals surface area contributed by atoms with Gasteiger partial charge in [0.15, 0.2) is 15.6 Å². The van der Waals surface area contributed by atoms with Gasteiger partial charge >= 0.3 is 0 Å². The molecule has 1 aromatic carbocycles. The molecule has 1 rings (SSSR count). The van der Waals surface area contributed by atoms with E-state index in [4.69, 9.17) is 28.5 Å². The molecule has 0 heterocycles. The van der Waals surface area contributed by atoms with Crippen molar-refractivity contribution in [2.24, 2.45) is 0 Å². The van der Waals surface area contributed by atoms with Crippen LogP contribution in [0.25, 0.3) is 0 Å². The van der Waals surface area contributed by atoms with Gasteiger partial charge in [-0.2, -0.15) is 5.26 Å². The summed E-state index contributed by atoms with van der Waals surface area (Å²) in [6.45, 7) is 0. The molecule has 0 N–H and O–H groups in total. The van der Waals surface area contributed by atoms with Crippen molar-refractivity contribution in [1.82, 2.24) is 0 Å². The van der Waals surface area contributed by atoms with Crippen LogP contribution in [0.3, 0.4) is 0 Å². The number of benzene rings is 1. The molecule has 1 atom stereocenters. The third kappa shape index (κ3) is 3.98. The maximum absolute atomic E-state index is 11.7. The van der Waals surface area contributed by atoms with E-state index >= 15 is 0 Å². The van der Waals surface area contributed by atoms with Gasteiger partial charge in [0, 0.05) is 6.26 Å². The lowest BCUT2D eigenvalue weighted by atomic mass is 9.97. The number of carbonyl (C=O) groups is 1. The summed E-state index contributed by atoms with van der Waals surface area (Å²) in [5.41, 5.74) is 0.334. The van der Waals surface area contributed by atoms with Gasteiger partial charge in [0.05, 0.1) is 16.1 Å². The summed E-state index contributed by atoms with van der Waals surface area (Å²) in [6.07, 6.45) is 0.939. The molecule has 0 bridgehead atoms. The van der Waals surface area contributed by atoms with Crippen molar-refractivity contribution in [1.29, 1.82) is 5.26 Å². The van der Waals surface area contributed by atoms with E-state index in [0.717, 1.165) is 6.26 Å². The molecule has 0 spiro atoms. The molecule has 0 aliphatic rings. The Kier molecular flexibility index (Phi) is 4.74. The molecule has 96 valence electrons. The van der Waals surface area contributed by atoms with Crippen molar-refractivity contribution in [2.45, 2.75) is 5.92 Å². The first kappa shape index (κ1) is 15.0. The topological polar surface area (TPSA) is 75.0 Å². The normalized spacial score (nSPS) is 12.8. The number of ketones is 1. The van der Waals surface area contributed by atoms with E-state index in [1.807, 2.05) is 0 Å². The van der Waals surface area contributed by atoms with Gasteiger partial charge in [0.1, 0.15) is 11.7 Å². The van der Waals surface area contributed by atoms with Crippen LogP contribution in [-0.2, 0) is 14.6 Å². The summed E-state index contributed by atoms with van der Waals surface area (Å²) in [5, 5.41) is 9.47. The number of carbonyl (C=O) groups excluding carboxylic acids is 1. The van der Waals surface area contributed by atoms with Crippen LogP contribution in [0.4, 0.5) is 0 Å². The fourth-order valence-electron chi connectivity index (χ4n) is 1.37. The zero-order valence-electron chi connectivity index (χ0n) is 9.35. The summed E-state index contributed by atoms with van der Waals surface area (Å²) in [4.78, 5) is 11.7. The number of nitrogens with zero attached hydrogens (tertiary/aromatic N) is 1. The fraction of sp³-hybridized carbons (Fsp3) is 0.273. The van der Waals surface area contributed by atoms with Crippen molar-refractivity contribution >= 4 is 38.8 Å². The number of Topliss-reactive ketones (excluding diaryl/α,β-unsaturated/α-hetero) is 1. The number of hydrogen-bond acceptors (Lipinski definition) is 4. The minimum Gasteiger partial charge on any atom is -0.297 e. The van der Waals surface area contributed by atoms with Crippen LogP contribution in [0, 0.1) is 11.3 Å². The predicted octanol–water partition coefficient (Wildman–Crippen LogP) is 2.21. The highest BCUT2D eigenvalue weighted by molar-refractivity contribution is 7.91. The van der Waals surface area contributed by atoms with Crippen LogP contribution in [0.5, 0.6) is 0 Å². The Balaban J connectivity index is 3.08. The molecule has 0 radical (unpaired) electrons. The molecule has 0 saturated carbocycles. The maximum atomic E-state index is 11.7. The minimum absolute atomic E-state index is 0.210. The molecule has 0 amide bonds. The Hall–Kier alpha value is -1.09. The van der Waals surface area contributed by atoms with E-state index in [-0.39, 0.29) is 5.02 Å². The quantitative estimate of drug-likeness (QED) is 0.854. The highest BCUT2D eigenvalue weighted by Gasteiger charge is 2.24. The predicted molar refractivity (Wildman–Crippen MR) is 69.5 cm³/mol. The van der Waals surface area contributed by atoms with Gasteiger partial charge in [-0.25, -0.2) is 8.42 Å². The van der Waals surface area contributed by atoms with Crippen LogP contribution in [0.1, 0.15) is 11.5 Å². The standard InChI is InChI=1S/C11H9Cl2NO3S/c1-18(16,17)6-11(15)8(5-14)7-2-3-9(12)10(13)4-7/h2-4,8H,6H2,1H3. The molecule has 18 heavy (non-hydrogen) atoms. The Labute approximate surface area is 115 Å². The van der Waals surface area contributed by atoms with Crippen molar-refractivity contribution < 1.29 is 13.2 Å². The summed E-state index contributed by atoms with van der Waals surface area (Å²) < 4.78 is 22.1. The van der Waals surface area contributed by atoms with Crippen LogP contribution in [0.15, 0.2) is 18.2 Å². The second-order valence-corrected chi connectivity index (χ2v) is 6.73. The molecule has 0 fully saturated rings. The van der Waals surface area contributed by atoms with Gasteiger partial charge in [0.25, 0.3) is 0 Å². The van der Waals surface area contributed by atoms with Gasteiger partial charge in [-0.1, -0.05) is 29.3 Å². The maximum Gasteiger partial charge on any atom is 0.169 e. The van der Waals surface area contributed by atoms with E-state index in [2.05, 4.69) is 0 Å². The van der Waals surface area contributed by atoms with E-state index in [0.29, 0.717) is 10.6 Å². The Morgan fingerprint density at radius 3 is 2.44 bits per heavy atom. The average molecular weight is 306 g/mol. The molecule has 0 aliphatic carbocycles. The first-order valence-electron chi connectivity index (χ1n) is 4.79. The first-order valence-corrected chi connectivity index (χ1v) is 7.61. The molecule has 1 aromatic rings. The number of sulfone groups is 1. The van der Waals surface area contributed by atoms with Crippen molar-refractivity contribution in [3.8, 4) is 6.07 Å². The molecule has 4 nitrogen and oxygen atoms in total. The third-order valence-electron chi connectivity index (χ3n) is 2.13. The Morgan fingerprint density at radius 2 is 2.00 bits per heavy atom. The monoisotopic (exact) mass is 305 g/mol. The summed E-state index contributed by atoms with van der Waals surface area (Å²) in [6, 6.07) is 6.09. The summed E-state index contributed by atoms with van der Waals surface area (Å²) in [5.74, 6) is -2.52. The van der Waals surface area contributed by atoms with Crippen molar-refractivity contribution in [2.75, 3.05) is 12.0 Å². The van der Waals surface area contributed by atoms with Crippen molar-refractivity contribution in [3.05, 3.63) is 33.8 Å². The second-order valence-electron chi connectivity index (χ2n) is 3.77. The van der Waals surface area contributed by atoms with Crippen molar-refractivity contribution in [3.63, 3.8) is 0 Å². The molecule has 0 aromatic heterocycles. The largest absolute Gasteiger partial charge is 0.297 e. The van der Waals surface area contributed by atoms with Gasteiger partial charge in [-0.3, -0.25) is 4.79 Å². The van der Waals surface area contributed by atoms with E-state index in [1.165, 1.54) is 18.2 Å². The van der Waals surface area contributed by atoms with Crippen LogP contribution in [0.2, 0.25) is 10.0 Å². The number of halogens is 2. The number of rotatable bonds is 4. The number of hydrogen-bond donors (Lipinski definition) is 0. The lowest BCUT2D eigenvalue weighted by Gasteiger charge is -2.08. The van der Waals surface area contributed by atoms with E-state index in [9.17, 15) is 13.2 Å². The number of nitriles is 1. The van der Waals surface area contributed by atoms with Gasteiger partial charge in [-0.05, 0) is 17.7 Å². The van der Waals surface area contributed by atoms with E-state index in [1.54, 1.807) is 6.07 Å². The summed E-state index contributed by atoms with van der Waals surface area (Å²) in [7, 11) is -3.46. The highest BCUT2D eigenvalue weighted by Crippen LogP contribution is 2.27. The van der Waals surface area contributed by atoms with Crippen LogP contribution in [-0.4, -0.2) is 26.2 Å². The zero-order valence-corrected chi connectivity index (χ0v) is 11.7. The molecular weight excluding hydrogens is 297 g/mol. The smallest absolute Gasteiger partial charge is 0.169 e. The fourth-order valence-corrected chi connectivity index (χ4v) is 2.36. The molecule has 0 saturated heterocycles. The second kappa shape index (κ2) is 5.70. The lowest BCUT2D eigenvalue weighted by molar-refractivity contribution is -0.116.